The van der Waals surface area contributed by atoms with Crippen LogP contribution in [-0.2, 0) is 17.8 Å². The number of rotatable bonds is 5. The number of fused-ring (bicyclic) bond motifs is 2. The Morgan fingerprint density at radius 1 is 1.02 bits per heavy atom. The molecule has 5 amide bonds. The first-order valence-corrected chi connectivity index (χ1v) is 14.5. The number of benzene rings is 2. The molecule has 41 heavy (non-hydrogen) atoms. The molecule has 0 bridgehead atoms. The molecule has 11 heteroatoms. The van der Waals surface area contributed by atoms with E-state index >= 15 is 0 Å². The van der Waals surface area contributed by atoms with Crippen molar-refractivity contribution in [3.05, 3.63) is 63.6 Å². The second-order valence-corrected chi connectivity index (χ2v) is 11.3. The third-order valence-corrected chi connectivity index (χ3v) is 8.55. The Balaban J connectivity index is 1.13. The molecule has 0 spiro atoms. The molecule has 2 aromatic carbocycles. The van der Waals surface area contributed by atoms with Gasteiger partial charge in [0.05, 0.1) is 5.52 Å². The van der Waals surface area contributed by atoms with Crippen LogP contribution in [0.25, 0.3) is 11.1 Å². The molecular formula is C30H36N6O5. The molecule has 1 unspecified atom stereocenters. The number of aromatic nitrogens is 1. The zero-order chi connectivity index (χ0) is 28.5. The molecule has 3 N–H and O–H groups in total. The molecule has 6 rings (SSSR count). The summed E-state index contributed by atoms with van der Waals surface area (Å²) in [6.07, 6.45) is 4.61. The number of nitrogens with one attached hydrogen (secondary N) is 3. The average molecular weight is 561 g/mol. The van der Waals surface area contributed by atoms with Gasteiger partial charge >= 0.3 is 17.8 Å². The van der Waals surface area contributed by atoms with Crippen LogP contribution in [0.15, 0.2) is 45.6 Å². The fraction of sp³-hybridized carbons (Fsp3) is 0.467. The lowest BCUT2D eigenvalue weighted by Gasteiger charge is -2.41. The molecule has 11 nitrogen and oxygen atoms in total. The van der Waals surface area contributed by atoms with Gasteiger partial charge in [-0.1, -0.05) is 24.3 Å². The molecule has 216 valence electrons. The van der Waals surface area contributed by atoms with Crippen LogP contribution in [0.1, 0.15) is 48.8 Å². The number of hydrogen-bond acceptors (Lipinski definition) is 5. The van der Waals surface area contributed by atoms with E-state index < -0.39 is 11.8 Å². The maximum absolute atomic E-state index is 13.6. The van der Waals surface area contributed by atoms with E-state index in [4.69, 9.17) is 4.42 Å². The van der Waals surface area contributed by atoms with E-state index in [0.717, 1.165) is 41.6 Å². The Kier molecular flexibility index (Phi) is 7.42. The van der Waals surface area contributed by atoms with Crippen LogP contribution in [0.2, 0.25) is 0 Å². The quantitative estimate of drug-likeness (QED) is 0.439. The number of amides is 5. The van der Waals surface area contributed by atoms with Gasteiger partial charge in [0.1, 0.15) is 6.04 Å². The average Bonchev–Trinajstić information content (AvgIpc) is 3.37. The molecule has 0 aliphatic carbocycles. The molecule has 1 aromatic heterocycles. The zero-order valence-corrected chi connectivity index (χ0v) is 23.3. The predicted molar refractivity (Wildman–Crippen MR) is 154 cm³/mol. The highest BCUT2D eigenvalue weighted by molar-refractivity contribution is 5.92. The highest BCUT2D eigenvalue weighted by Crippen LogP contribution is 2.28. The molecule has 0 saturated carbocycles. The molecule has 0 radical (unpaired) electrons. The van der Waals surface area contributed by atoms with Crippen LogP contribution in [0.5, 0.6) is 0 Å². The van der Waals surface area contributed by atoms with Gasteiger partial charge in [-0.05, 0) is 67.9 Å². The minimum Gasteiger partial charge on any atom is -0.408 e. The summed E-state index contributed by atoms with van der Waals surface area (Å²) in [6, 6.07) is 10.4. The zero-order valence-electron chi connectivity index (χ0n) is 23.3. The van der Waals surface area contributed by atoms with Crippen molar-refractivity contribution >= 4 is 34.8 Å². The second kappa shape index (κ2) is 11.3. The molecule has 3 aliphatic heterocycles. The number of carbonyl (C=O) groups excluding carboxylic acids is 3. The maximum Gasteiger partial charge on any atom is 0.417 e. The van der Waals surface area contributed by atoms with E-state index in [1.807, 2.05) is 47.1 Å². The van der Waals surface area contributed by atoms with Gasteiger partial charge in [-0.25, -0.2) is 14.4 Å². The molecule has 4 heterocycles. The number of para-hydroxylation sites is 1. The molecular weight excluding hydrogens is 524 g/mol. The van der Waals surface area contributed by atoms with Crippen LogP contribution in [0.4, 0.5) is 15.3 Å². The van der Waals surface area contributed by atoms with E-state index in [0.29, 0.717) is 56.7 Å². The van der Waals surface area contributed by atoms with E-state index in [2.05, 4.69) is 15.6 Å². The smallest absolute Gasteiger partial charge is 0.408 e. The summed E-state index contributed by atoms with van der Waals surface area (Å²) < 4.78 is 5.28. The Morgan fingerprint density at radius 2 is 1.78 bits per heavy atom. The summed E-state index contributed by atoms with van der Waals surface area (Å²) >= 11 is 0. The van der Waals surface area contributed by atoms with Gasteiger partial charge in [0.25, 0.3) is 0 Å². The molecule has 2 saturated heterocycles. The molecule has 3 aromatic rings. The van der Waals surface area contributed by atoms with Crippen LogP contribution < -0.4 is 16.4 Å². The first-order valence-electron chi connectivity index (χ1n) is 14.5. The van der Waals surface area contributed by atoms with Gasteiger partial charge in [0.2, 0.25) is 5.91 Å². The molecule has 1 atom stereocenters. The summed E-state index contributed by atoms with van der Waals surface area (Å²) in [4.78, 5) is 59.7. The highest BCUT2D eigenvalue weighted by atomic mass is 16.4. The Morgan fingerprint density at radius 3 is 2.56 bits per heavy atom. The van der Waals surface area contributed by atoms with Crippen molar-refractivity contribution in [2.75, 3.05) is 31.5 Å². The minimum absolute atomic E-state index is 0.0314. The van der Waals surface area contributed by atoms with Crippen LogP contribution >= 0.6 is 0 Å². The number of hydrogen-bond donors (Lipinski definition) is 3. The van der Waals surface area contributed by atoms with E-state index in [1.54, 1.807) is 11.0 Å². The summed E-state index contributed by atoms with van der Waals surface area (Å²) in [5, 5.41) is 6.00. The highest BCUT2D eigenvalue weighted by Gasteiger charge is 2.34. The lowest BCUT2D eigenvalue weighted by Crippen LogP contribution is -2.56. The van der Waals surface area contributed by atoms with Crippen molar-refractivity contribution in [1.82, 2.24) is 25.0 Å². The summed E-state index contributed by atoms with van der Waals surface area (Å²) in [5.74, 6) is -0.617. The summed E-state index contributed by atoms with van der Waals surface area (Å²) in [7, 11) is 0. The number of anilines is 1. The Hall–Kier alpha value is -4.28. The normalized spacial score (nSPS) is 18.7. The van der Waals surface area contributed by atoms with E-state index in [9.17, 15) is 19.2 Å². The molecule has 2 fully saturated rings. The van der Waals surface area contributed by atoms with Crippen molar-refractivity contribution in [2.45, 2.75) is 64.1 Å². The fourth-order valence-corrected chi connectivity index (χ4v) is 6.32. The monoisotopic (exact) mass is 560 g/mol. The van der Waals surface area contributed by atoms with Crippen molar-refractivity contribution in [3.63, 3.8) is 0 Å². The number of carbonyl (C=O) groups is 3. The summed E-state index contributed by atoms with van der Waals surface area (Å²) in [5.41, 5.74) is 4.65. The fourth-order valence-electron chi connectivity index (χ4n) is 6.32. The lowest BCUT2D eigenvalue weighted by atomic mass is 10.00. The third-order valence-electron chi connectivity index (χ3n) is 8.55. The van der Waals surface area contributed by atoms with Gasteiger partial charge in [-0.15, -0.1) is 0 Å². The van der Waals surface area contributed by atoms with Crippen molar-refractivity contribution in [1.29, 1.82) is 0 Å². The van der Waals surface area contributed by atoms with Gasteiger partial charge < -0.3 is 29.8 Å². The Labute approximate surface area is 237 Å². The first-order chi connectivity index (χ1) is 19.9. The minimum atomic E-state index is -0.745. The number of oxazole rings is 1. The third kappa shape index (κ3) is 5.66. The van der Waals surface area contributed by atoms with Gasteiger partial charge in [0.15, 0.2) is 5.58 Å². The second-order valence-electron chi connectivity index (χ2n) is 11.3. The lowest BCUT2D eigenvalue weighted by molar-refractivity contribution is -0.134. The summed E-state index contributed by atoms with van der Waals surface area (Å²) in [6.45, 7) is 4.78. The number of likely N-dealkylation sites (tertiary alicyclic amines) is 2. The van der Waals surface area contributed by atoms with Crippen molar-refractivity contribution < 1.29 is 18.8 Å². The number of urea groups is 2. The van der Waals surface area contributed by atoms with Gasteiger partial charge in [0, 0.05) is 50.9 Å². The first kappa shape index (κ1) is 26.9. The van der Waals surface area contributed by atoms with Crippen LogP contribution in [0, 0.1) is 6.92 Å². The number of H-pyrrole nitrogens is 1. The van der Waals surface area contributed by atoms with Gasteiger partial charge in [-0.2, -0.15) is 0 Å². The van der Waals surface area contributed by atoms with Crippen LogP contribution in [-0.4, -0.2) is 75.9 Å². The molecule has 3 aliphatic rings. The predicted octanol–water partition coefficient (Wildman–Crippen LogP) is 3.57. The number of nitrogens with zero attached hydrogens (tertiary/aromatic N) is 3. The number of aromatic amines is 1. The van der Waals surface area contributed by atoms with E-state index in [1.165, 1.54) is 0 Å². The van der Waals surface area contributed by atoms with Crippen molar-refractivity contribution in [2.24, 2.45) is 0 Å². The number of aryl methyl sites for hydroxylation is 1. The van der Waals surface area contributed by atoms with Gasteiger partial charge in [-0.3, -0.25) is 9.78 Å². The van der Waals surface area contributed by atoms with Crippen LogP contribution in [0.3, 0.4) is 0 Å². The largest absolute Gasteiger partial charge is 0.417 e. The standard InChI is InChI=1S/C30H36N6O5/c1-19-15-20(17-25-26(19)33-30(40)41-25)16-24(27(37)34-11-5-2-6-12-34)32-28(38)35-13-9-22(10-14-35)36-18-21-7-3-4-8-23(21)31-29(36)39/h3-4,7-8,15,17,22,24H,2,5-6,9-14,16,18H2,1H3,(H,31,39)(H,32,38)(H,33,40). The van der Waals surface area contributed by atoms with Crippen molar-refractivity contribution in [3.8, 4) is 0 Å². The van der Waals surface area contributed by atoms with E-state index in [-0.39, 0.29) is 30.4 Å². The maximum atomic E-state index is 13.6. The Bertz CT molecular complexity index is 1520. The SMILES string of the molecule is Cc1cc(CC(NC(=O)N2CCC(N3Cc4ccccc4NC3=O)CC2)C(=O)N2CCCCC2)cc2oc(=O)[nH]c12. The number of piperidine rings is 2. The topological polar surface area (TPSA) is 131 Å².